The molecule has 0 amide bonds. The molecule has 0 fully saturated rings. The van der Waals surface area contributed by atoms with E-state index in [1.807, 2.05) is 0 Å². The number of alkyl halides is 3. The molecule has 0 aliphatic carbocycles. The number of ether oxygens (including phenoxy) is 3. The predicted octanol–water partition coefficient (Wildman–Crippen LogP) is 3.21. The molecule has 27 heavy (non-hydrogen) atoms. The molecule has 0 radical (unpaired) electrons. The molecular weight excluding hydrogens is 374 g/mol. The summed E-state index contributed by atoms with van der Waals surface area (Å²) in [6.07, 6.45) is 0.0108. The first-order valence-electron chi connectivity index (χ1n) is 7.28. The third-order valence-corrected chi connectivity index (χ3v) is 3.30. The number of halogens is 4. The number of esters is 2. The monoisotopic (exact) mass is 387 g/mol. The van der Waals surface area contributed by atoms with Gasteiger partial charge in [-0.25, -0.2) is 14.0 Å². The molecule has 1 aromatic carbocycles. The standard InChI is InChI=1S/C17H13F4NO5/c1-25-15(23)11-5-3-4-8-22(14(11)16(24)26-2)12-7-6-10(18)9-13(12)27-17(19,20)21/h3-9H,1-2H3. The van der Waals surface area contributed by atoms with Crippen LogP contribution in [0.3, 0.4) is 0 Å². The fourth-order valence-corrected chi connectivity index (χ4v) is 2.24. The lowest BCUT2D eigenvalue weighted by Crippen LogP contribution is -2.28. The molecule has 1 aromatic rings. The Labute approximate surface area is 150 Å². The van der Waals surface area contributed by atoms with Crippen molar-refractivity contribution in [3.05, 3.63) is 59.7 Å². The van der Waals surface area contributed by atoms with Crippen LogP contribution in [0.4, 0.5) is 23.2 Å². The average Bonchev–Trinajstić information content (AvgIpc) is 2.82. The summed E-state index contributed by atoms with van der Waals surface area (Å²) >= 11 is 0. The normalized spacial score (nSPS) is 14.1. The molecular formula is C17H13F4NO5. The highest BCUT2D eigenvalue weighted by atomic mass is 19.4. The Kier molecular flexibility index (Phi) is 5.88. The van der Waals surface area contributed by atoms with E-state index in [0.29, 0.717) is 6.07 Å². The fraction of sp³-hybridized carbons (Fsp3) is 0.176. The summed E-state index contributed by atoms with van der Waals surface area (Å²) in [5.74, 6) is -3.87. The summed E-state index contributed by atoms with van der Waals surface area (Å²) < 4.78 is 64.7. The molecule has 1 heterocycles. The van der Waals surface area contributed by atoms with Crippen molar-refractivity contribution < 1.29 is 41.4 Å². The van der Waals surface area contributed by atoms with Crippen LogP contribution in [0.5, 0.6) is 5.75 Å². The van der Waals surface area contributed by atoms with Gasteiger partial charge in [-0.2, -0.15) is 0 Å². The predicted molar refractivity (Wildman–Crippen MR) is 84.9 cm³/mol. The number of nitrogens with zero attached hydrogens (tertiary/aromatic N) is 1. The maximum Gasteiger partial charge on any atom is 0.573 e. The minimum absolute atomic E-state index is 0.281. The van der Waals surface area contributed by atoms with Crippen molar-refractivity contribution in [2.24, 2.45) is 0 Å². The van der Waals surface area contributed by atoms with Crippen molar-refractivity contribution in [1.82, 2.24) is 0 Å². The quantitative estimate of drug-likeness (QED) is 0.584. The molecule has 0 atom stereocenters. The molecule has 1 aliphatic heterocycles. The maximum absolute atomic E-state index is 13.5. The van der Waals surface area contributed by atoms with Crippen LogP contribution in [0, 0.1) is 5.82 Å². The van der Waals surface area contributed by atoms with Gasteiger partial charge in [-0.15, -0.1) is 13.2 Å². The summed E-state index contributed by atoms with van der Waals surface area (Å²) in [5.41, 5.74) is -1.07. The van der Waals surface area contributed by atoms with Gasteiger partial charge in [0.05, 0.1) is 25.5 Å². The van der Waals surface area contributed by atoms with E-state index < -0.39 is 35.6 Å². The number of anilines is 1. The molecule has 0 aromatic heterocycles. The van der Waals surface area contributed by atoms with Crippen molar-refractivity contribution in [3.63, 3.8) is 0 Å². The van der Waals surface area contributed by atoms with Gasteiger partial charge in [0.2, 0.25) is 0 Å². The van der Waals surface area contributed by atoms with Gasteiger partial charge in [-0.1, -0.05) is 6.08 Å². The van der Waals surface area contributed by atoms with Crippen LogP contribution in [-0.4, -0.2) is 32.5 Å². The van der Waals surface area contributed by atoms with Crippen molar-refractivity contribution in [1.29, 1.82) is 0 Å². The molecule has 0 unspecified atom stereocenters. The summed E-state index contributed by atoms with van der Waals surface area (Å²) in [4.78, 5) is 25.2. The Morgan fingerprint density at radius 3 is 2.30 bits per heavy atom. The number of carbonyl (C=O) groups excluding carboxylic acids is 2. The number of rotatable bonds is 4. The van der Waals surface area contributed by atoms with E-state index in [9.17, 15) is 27.2 Å². The van der Waals surface area contributed by atoms with Gasteiger partial charge in [0.1, 0.15) is 11.5 Å². The van der Waals surface area contributed by atoms with Crippen molar-refractivity contribution in [2.75, 3.05) is 19.1 Å². The summed E-state index contributed by atoms with van der Waals surface area (Å²) in [5, 5.41) is 0. The van der Waals surface area contributed by atoms with Gasteiger partial charge in [0.25, 0.3) is 0 Å². The second-order valence-corrected chi connectivity index (χ2v) is 4.98. The lowest BCUT2D eigenvalue weighted by Gasteiger charge is -2.25. The Hall–Kier alpha value is -3.30. The van der Waals surface area contributed by atoms with E-state index >= 15 is 0 Å². The first-order chi connectivity index (χ1) is 12.7. The largest absolute Gasteiger partial charge is 0.573 e. The second kappa shape index (κ2) is 7.94. The Bertz CT molecular complexity index is 842. The SMILES string of the molecule is COC(=O)C1=C(C(=O)OC)N(c2ccc(F)cc2OC(F)(F)F)C=CC=C1. The van der Waals surface area contributed by atoms with E-state index in [-0.39, 0.29) is 11.3 Å². The zero-order valence-electron chi connectivity index (χ0n) is 14.0. The minimum atomic E-state index is -5.11. The number of benzene rings is 1. The van der Waals surface area contributed by atoms with Crippen LogP contribution in [0.25, 0.3) is 0 Å². The molecule has 10 heteroatoms. The van der Waals surface area contributed by atoms with E-state index in [1.54, 1.807) is 0 Å². The van der Waals surface area contributed by atoms with E-state index in [0.717, 1.165) is 31.3 Å². The van der Waals surface area contributed by atoms with Crippen molar-refractivity contribution in [2.45, 2.75) is 6.36 Å². The molecule has 0 N–H and O–H groups in total. The van der Waals surface area contributed by atoms with Crippen LogP contribution in [0.15, 0.2) is 53.9 Å². The average molecular weight is 387 g/mol. The molecule has 0 spiro atoms. The highest BCUT2D eigenvalue weighted by Gasteiger charge is 2.35. The first kappa shape index (κ1) is 20.0. The topological polar surface area (TPSA) is 65.1 Å². The highest BCUT2D eigenvalue weighted by molar-refractivity contribution is 6.05. The van der Waals surface area contributed by atoms with Crippen LogP contribution < -0.4 is 9.64 Å². The maximum atomic E-state index is 13.5. The minimum Gasteiger partial charge on any atom is -0.465 e. The lowest BCUT2D eigenvalue weighted by atomic mass is 10.1. The van der Waals surface area contributed by atoms with Gasteiger partial charge in [-0.3, -0.25) is 0 Å². The van der Waals surface area contributed by atoms with Crippen molar-refractivity contribution >= 4 is 17.6 Å². The molecule has 0 saturated heterocycles. The summed E-state index contributed by atoms with van der Waals surface area (Å²) in [6, 6.07) is 2.34. The van der Waals surface area contributed by atoms with E-state index in [4.69, 9.17) is 0 Å². The Balaban J connectivity index is 2.71. The number of methoxy groups -OCH3 is 2. The zero-order valence-corrected chi connectivity index (χ0v) is 14.0. The molecule has 6 nitrogen and oxygen atoms in total. The lowest BCUT2D eigenvalue weighted by molar-refractivity contribution is -0.274. The van der Waals surface area contributed by atoms with Gasteiger partial charge < -0.3 is 19.1 Å². The van der Waals surface area contributed by atoms with Gasteiger partial charge in [0.15, 0.2) is 5.75 Å². The summed E-state index contributed by atoms with van der Waals surface area (Å²) in [7, 11) is 2.09. The Morgan fingerprint density at radius 1 is 1.04 bits per heavy atom. The third kappa shape index (κ3) is 4.66. The molecule has 2 rings (SSSR count). The van der Waals surface area contributed by atoms with Crippen LogP contribution >= 0.6 is 0 Å². The van der Waals surface area contributed by atoms with Gasteiger partial charge in [0, 0.05) is 12.3 Å². The summed E-state index contributed by atoms with van der Waals surface area (Å²) in [6.45, 7) is 0. The number of carbonyl (C=O) groups is 2. The second-order valence-electron chi connectivity index (χ2n) is 4.98. The fourth-order valence-electron chi connectivity index (χ4n) is 2.24. The van der Waals surface area contributed by atoms with Crippen molar-refractivity contribution in [3.8, 4) is 5.75 Å². The molecule has 0 saturated carbocycles. The van der Waals surface area contributed by atoms with Crippen LogP contribution in [-0.2, 0) is 19.1 Å². The molecule has 0 bridgehead atoms. The van der Waals surface area contributed by atoms with E-state index in [1.165, 1.54) is 24.4 Å². The van der Waals surface area contributed by atoms with Crippen LogP contribution in [0.1, 0.15) is 0 Å². The first-order valence-corrected chi connectivity index (χ1v) is 7.28. The van der Waals surface area contributed by atoms with E-state index in [2.05, 4.69) is 14.2 Å². The van der Waals surface area contributed by atoms with Gasteiger partial charge >= 0.3 is 18.3 Å². The highest BCUT2D eigenvalue weighted by Crippen LogP contribution is 2.37. The zero-order chi connectivity index (χ0) is 20.2. The third-order valence-electron chi connectivity index (χ3n) is 3.30. The molecule has 144 valence electrons. The Morgan fingerprint density at radius 2 is 1.70 bits per heavy atom. The number of allylic oxidation sites excluding steroid dienone is 2. The molecule has 1 aliphatic rings. The van der Waals surface area contributed by atoms with Gasteiger partial charge in [-0.05, 0) is 24.3 Å². The smallest absolute Gasteiger partial charge is 0.465 e. The number of hydrogen-bond donors (Lipinski definition) is 0. The van der Waals surface area contributed by atoms with Crippen LogP contribution in [0.2, 0.25) is 0 Å². The number of hydrogen-bond acceptors (Lipinski definition) is 6.